The normalized spacial score (nSPS) is 11.8. The quantitative estimate of drug-likeness (QED) is 0.680. The molecule has 0 radical (unpaired) electrons. The summed E-state index contributed by atoms with van der Waals surface area (Å²) < 4.78 is 4.39. The van der Waals surface area contributed by atoms with Crippen LogP contribution in [-0.2, 0) is 20.1 Å². The first kappa shape index (κ1) is 20.1. The van der Waals surface area contributed by atoms with Crippen LogP contribution in [-0.4, -0.2) is 29.8 Å². The highest BCUT2D eigenvalue weighted by molar-refractivity contribution is 7.19. The molecule has 0 atom stereocenters. The van der Waals surface area contributed by atoms with E-state index in [0.29, 0.717) is 16.3 Å². The van der Waals surface area contributed by atoms with Crippen molar-refractivity contribution in [3.63, 3.8) is 0 Å². The fourth-order valence-corrected chi connectivity index (χ4v) is 4.63. The number of aromatic carboxylic acids is 1. The van der Waals surface area contributed by atoms with Crippen LogP contribution in [0.4, 0.5) is 0 Å². The van der Waals surface area contributed by atoms with Crippen LogP contribution in [0.2, 0.25) is 0 Å². The molecule has 0 spiro atoms. The molecule has 0 amide bonds. The van der Waals surface area contributed by atoms with Crippen molar-refractivity contribution in [1.82, 2.24) is 18.7 Å². The SMILES string of the molecule is CC(C)Cn1c(=O)n(C)c(=O)c2c(C(=O)O)c(Cn3ccnc3C(C)C)sc21. The van der Waals surface area contributed by atoms with Gasteiger partial charge < -0.3 is 9.67 Å². The number of carboxylic acids is 1. The van der Waals surface area contributed by atoms with E-state index in [1.165, 1.54) is 23.0 Å². The van der Waals surface area contributed by atoms with Gasteiger partial charge in [-0.15, -0.1) is 11.3 Å². The lowest BCUT2D eigenvalue weighted by Crippen LogP contribution is -2.38. The molecule has 0 aliphatic rings. The molecular formula is C19H24N4O4S. The van der Waals surface area contributed by atoms with Crippen LogP contribution in [0.1, 0.15) is 54.7 Å². The van der Waals surface area contributed by atoms with Gasteiger partial charge in [0.25, 0.3) is 5.56 Å². The van der Waals surface area contributed by atoms with Gasteiger partial charge in [0.05, 0.1) is 17.5 Å². The van der Waals surface area contributed by atoms with Gasteiger partial charge in [-0.1, -0.05) is 27.7 Å². The molecule has 0 unspecified atom stereocenters. The molecule has 3 rings (SSSR count). The summed E-state index contributed by atoms with van der Waals surface area (Å²) in [5.41, 5.74) is -1.03. The number of hydrogen-bond acceptors (Lipinski definition) is 5. The van der Waals surface area contributed by atoms with Gasteiger partial charge in [0.1, 0.15) is 10.7 Å². The third-order valence-electron chi connectivity index (χ3n) is 4.58. The molecule has 9 heteroatoms. The Labute approximate surface area is 165 Å². The second-order valence-corrected chi connectivity index (χ2v) is 8.69. The summed E-state index contributed by atoms with van der Waals surface area (Å²) in [6.07, 6.45) is 3.47. The highest BCUT2D eigenvalue weighted by Crippen LogP contribution is 2.30. The molecular weight excluding hydrogens is 380 g/mol. The van der Waals surface area contributed by atoms with Crippen LogP contribution in [0.3, 0.4) is 0 Å². The van der Waals surface area contributed by atoms with Crippen LogP contribution in [0.5, 0.6) is 0 Å². The zero-order valence-electron chi connectivity index (χ0n) is 16.6. The highest BCUT2D eigenvalue weighted by atomic mass is 32.1. The smallest absolute Gasteiger partial charge is 0.337 e. The van der Waals surface area contributed by atoms with Crippen molar-refractivity contribution in [2.24, 2.45) is 13.0 Å². The van der Waals surface area contributed by atoms with Crippen LogP contribution in [0.15, 0.2) is 22.0 Å². The van der Waals surface area contributed by atoms with E-state index in [-0.39, 0.29) is 29.3 Å². The number of imidazole rings is 1. The van der Waals surface area contributed by atoms with Crippen LogP contribution >= 0.6 is 11.3 Å². The molecule has 0 fully saturated rings. The lowest BCUT2D eigenvalue weighted by atomic mass is 10.1. The van der Waals surface area contributed by atoms with E-state index in [4.69, 9.17) is 0 Å². The second kappa shape index (κ2) is 7.38. The molecule has 0 aromatic carbocycles. The van der Waals surface area contributed by atoms with Gasteiger partial charge in [-0.05, 0) is 5.92 Å². The van der Waals surface area contributed by atoms with Gasteiger partial charge in [0.15, 0.2) is 0 Å². The number of rotatable bonds is 6. The van der Waals surface area contributed by atoms with Gasteiger partial charge in [0, 0.05) is 36.8 Å². The first-order valence-corrected chi connectivity index (χ1v) is 9.94. The van der Waals surface area contributed by atoms with E-state index in [0.717, 1.165) is 10.4 Å². The van der Waals surface area contributed by atoms with E-state index < -0.39 is 17.2 Å². The lowest BCUT2D eigenvalue weighted by molar-refractivity contribution is 0.0698. The average molecular weight is 404 g/mol. The maximum atomic E-state index is 12.8. The summed E-state index contributed by atoms with van der Waals surface area (Å²) >= 11 is 1.20. The minimum absolute atomic E-state index is 0.0264. The zero-order chi connectivity index (χ0) is 20.7. The third-order valence-corrected chi connectivity index (χ3v) is 5.78. The number of aromatic nitrogens is 4. The van der Waals surface area contributed by atoms with Crippen molar-refractivity contribution in [1.29, 1.82) is 0 Å². The van der Waals surface area contributed by atoms with E-state index in [1.807, 2.05) is 32.3 Å². The maximum Gasteiger partial charge on any atom is 0.337 e. The largest absolute Gasteiger partial charge is 0.478 e. The molecule has 28 heavy (non-hydrogen) atoms. The molecule has 0 saturated carbocycles. The van der Waals surface area contributed by atoms with Crippen molar-refractivity contribution in [3.05, 3.63) is 49.5 Å². The number of nitrogens with zero attached hydrogens (tertiary/aromatic N) is 4. The Morgan fingerprint density at radius 3 is 2.50 bits per heavy atom. The Kier molecular flexibility index (Phi) is 5.29. The number of fused-ring (bicyclic) bond motifs is 1. The Morgan fingerprint density at radius 1 is 1.25 bits per heavy atom. The van der Waals surface area contributed by atoms with Gasteiger partial charge in [0.2, 0.25) is 0 Å². The number of carboxylic acid groups (broad SMARTS) is 1. The van der Waals surface area contributed by atoms with Gasteiger partial charge in [-0.2, -0.15) is 0 Å². The van der Waals surface area contributed by atoms with E-state index >= 15 is 0 Å². The molecule has 1 N–H and O–H groups in total. The summed E-state index contributed by atoms with van der Waals surface area (Å²) in [6.45, 7) is 8.65. The van der Waals surface area contributed by atoms with Crippen molar-refractivity contribution in [2.75, 3.05) is 0 Å². The van der Waals surface area contributed by atoms with Crippen molar-refractivity contribution in [2.45, 2.75) is 46.7 Å². The van der Waals surface area contributed by atoms with E-state index in [1.54, 1.807) is 12.4 Å². The zero-order valence-corrected chi connectivity index (χ0v) is 17.4. The first-order valence-electron chi connectivity index (χ1n) is 9.13. The molecule has 0 saturated heterocycles. The van der Waals surface area contributed by atoms with Crippen molar-refractivity contribution in [3.8, 4) is 0 Å². The molecule has 3 aromatic heterocycles. The van der Waals surface area contributed by atoms with Gasteiger partial charge in [-0.3, -0.25) is 13.9 Å². The molecule has 0 bridgehead atoms. The molecule has 150 valence electrons. The Bertz CT molecular complexity index is 1160. The summed E-state index contributed by atoms with van der Waals surface area (Å²) in [5.74, 6) is 0.00338. The monoisotopic (exact) mass is 404 g/mol. The number of hydrogen-bond donors (Lipinski definition) is 1. The molecule has 0 aliphatic heterocycles. The van der Waals surface area contributed by atoms with Gasteiger partial charge >= 0.3 is 11.7 Å². The Hall–Kier alpha value is -2.68. The topological polar surface area (TPSA) is 99.1 Å². The number of carbonyl (C=O) groups is 1. The predicted octanol–water partition coefficient (Wildman–Crippen LogP) is 2.48. The standard InChI is InChI=1S/C19H24N4O4S/c1-10(2)8-23-17-14(16(24)21(5)19(23)27)13(18(25)26)12(28-17)9-22-7-6-20-15(22)11(3)4/h6-7,10-11H,8-9H2,1-5H3,(H,25,26). The van der Waals surface area contributed by atoms with Crippen molar-refractivity contribution < 1.29 is 9.90 Å². The summed E-state index contributed by atoms with van der Waals surface area (Å²) in [5, 5.41) is 9.96. The Morgan fingerprint density at radius 2 is 1.93 bits per heavy atom. The maximum absolute atomic E-state index is 12.8. The highest BCUT2D eigenvalue weighted by Gasteiger charge is 2.26. The molecule has 0 aliphatic carbocycles. The van der Waals surface area contributed by atoms with Gasteiger partial charge in [-0.25, -0.2) is 14.6 Å². The minimum Gasteiger partial charge on any atom is -0.478 e. The molecule has 3 aromatic rings. The van der Waals surface area contributed by atoms with E-state index in [2.05, 4.69) is 4.98 Å². The van der Waals surface area contributed by atoms with Crippen LogP contribution in [0.25, 0.3) is 10.2 Å². The Balaban J connectivity index is 2.32. The van der Waals surface area contributed by atoms with Crippen LogP contribution in [0, 0.1) is 5.92 Å². The minimum atomic E-state index is -1.17. The predicted molar refractivity (Wildman–Crippen MR) is 109 cm³/mol. The number of thiophene rings is 1. The second-order valence-electron chi connectivity index (χ2n) is 7.60. The van der Waals surface area contributed by atoms with E-state index in [9.17, 15) is 19.5 Å². The van der Waals surface area contributed by atoms with Crippen molar-refractivity contribution >= 4 is 27.5 Å². The first-order chi connectivity index (χ1) is 13.1. The molecule has 8 nitrogen and oxygen atoms in total. The molecule has 3 heterocycles. The fraction of sp³-hybridized carbons (Fsp3) is 0.474. The van der Waals surface area contributed by atoms with Crippen LogP contribution < -0.4 is 11.2 Å². The third kappa shape index (κ3) is 3.30. The average Bonchev–Trinajstić information content (AvgIpc) is 3.21. The summed E-state index contributed by atoms with van der Waals surface area (Å²) in [6, 6.07) is 0. The lowest BCUT2D eigenvalue weighted by Gasteiger charge is -2.11. The fourth-order valence-electron chi connectivity index (χ4n) is 3.35. The summed E-state index contributed by atoms with van der Waals surface area (Å²) in [4.78, 5) is 42.8. The summed E-state index contributed by atoms with van der Waals surface area (Å²) in [7, 11) is 1.39.